The van der Waals surface area contributed by atoms with Gasteiger partial charge in [-0.3, -0.25) is 9.59 Å². The first-order valence-electron chi connectivity index (χ1n) is 10.1. The number of rotatable bonds is 8. The van der Waals surface area contributed by atoms with E-state index in [1.54, 1.807) is 24.0 Å². The molecule has 0 spiro atoms. The van der Waals surface area contributed by atoms with E-state index >= 15 is 0 Å². The van der Waals surface area contributed by atoms with Gasteiger partial charge in [-0.2, -0.15) is 0 Å². The maximum absolute atomic E-state index is 13.1. The SMILES string of the molecule is C[C@@H](C(=O)NC1CCCC1)N(Cc1cccc(Br)c1)C(=O)COc1ccc(Br)cc1. The highest BCUT2D eigenvalue weighted by Gasteiger charge is 2.28. The van der Waals surface area contributed by atoms with Gasteiger partial charge in [-0.15, -0.1) is 0 Å². The minimum absolute atomic E-state index is 0.117. The summed E-state index contributed by atoms with van der Waals surface area (Å²) in [6.07, 6.45) is 4.29. The molecular formula is C23H26Br2N2O3. The number of ether oxygens (including phenoxy) is 1. The molecule has 1 aliphatic rings. The predicted octanol–water partition coefficient (Wildman–Crippen LogP) is 5.07. The Labute approximate surface area is 194 Å². The fraction of sp³-hybridized carbons (Fsp3) is 0.391. The molecule has 160 valence electrons. The molecule has 30 heavy (non-hydrogen) atoms. The lowest BCUT2D eigenvalue weighted by Crippen LogP contribution is -2.50. The molecule has 0 aromatic heterocycles. The van der Waals surface area contributed by atoms with Gasteiger partial charge >= 0.3 is 0 Å². The van der Waals surface area contributed by atoms with Gasteiger partial charge < -0.3 is 15.0 Å². The molecule has 1 aliphatic carbocycles. The van der Waals surface area contributed by atoms with Gasteiger partial charge in [0, 0.05) is 21.5 Å². The molecule has 1 saturated carbocycles. The maximum Gasteiger partial charge on any atom is 0.261 e. The highest BCUT2D eigenvalue weighted by Crippen LogP contribution is 2.20. The van der Waals surface area contributed by atoms with Crippen molar-refractivity contribution in [2.75, 3.05) is 6.61 Å². The molecule has 5 nitrogen and oxygen atoms in total. The Balaban J connectivity index is 1.70. The molecule has 2 amide bonds. The number of nitrogens with one attached hydrogen (secondary N) is 1. The molecule has 0 heterocycles. The molecule has 2 aromatic rings. The molecule has 0 unspecified atom stereocenters. The van der Waals surface area contributed by atoms with Gasteiger partial charge in [-0.1, -0.05) is 56.8 Å². The fourth-order valence-corrected chi connectivity index (χ4v) is 4.28. The van der Waals surface area contributed by atoms with E-state index in [0.29, 0.717) is 12.3 Å². The summed E-state index contributed by atoms with van der Waals surface area (Å²) in [5.41, 5.74) is 0.946. The average molecular weight is 538 g/mol. The summed E-state index contributed by atoms with van der Waals surface area (Å²) in [7, 11) is 0. The molecule has 0 radical (unpaired) electrons. The predicted molar refractivity (Wildman–Crippen MR) is 124 cm³/mol. The van der Waals surface area contributed by atoms with Crippen LogP contribution in [0.3, 0.4) is 0 Å². The Morgan fingerprint density at radius 3 is 2.47 bits per heavy atom. The molecule has 1 atom stereocenters. The minimum atomic E-state index is -0.592. The van der Waals surface area contributed by atoms with E-state index in [2.05, 4.69) is 37.2 Å². The number of carbonyl (C=O) groups is 2. The van der Waals surface area contributed by atoms with Crippen molar-refractivity contribution in [2.45, 2.75) is 51.2 Å². The standard InChI is InChI=1S/C23H26Br2N2O3/c1-16(23(29)26-20-7-2-3-8-20)27(14-17-5-4-6-19(25)13-17)22(28)15-30-21-11-9-18(24)10-12-21/h4-6,9-13,16,20H,2-3,7-8,14-15H2,1H3,(H,26,29)/t16-/m0/s1. The van der Waals surface area contributed by atoms with Crippen molar-refractivity contribution in [3.8, 4) is 5.75 Å². The normalized spacial score (nSPS) is 14.9. The van der Waals surface area contributed by atoms with E-state index in [0.717, 1.165) is 40.2 Å². The highest BCUT2D eigenvalue weighted by molar-refractivity contribution is 9.10. The topological polar surface area (TPSA) is 58.6 Å². The van der Waals surface area contributed by atoms with Crippen LogP contribution in [0.4, 0.5) is 0 Å². The first-order chi connectivity index (χ1) is 14.4. The lowest BCUT2D eigenvalue weighted by Gasteiger charge is -2.29. The number of hydrogen-bond donors (Lipinski definition) is 1. The average Bonchev–Trinajstić information content (AvgIpc) is 3.24. The molecular weight excluding hydrogens is 512 g/mol. The van der Waals surface area contributed by atoms with Crippen molar-refractivity contribution >= 4 is 43.7 Å². The third kappa shape index (κ3) is 6.57. The second-order valence-corrected chi connectivity index (χ2v) is 9.39. The summed E-state index contributed by atoms with van der Waals surface area (Å²) < 4.78 is 7.55. The van der Waals surface area contributed by atoms with Crippen LogP contribution in [0.25, 0.3) is 0 Å². The smallest absolute Gasteiger partial charge is 0.261 e. The lowest BCUT2D eigenvalue weighted by molar-refractivity contribution is -0.142. The van der Waals surface area contributed by atoms with Gasteiger partial charge in [-0.05, 0) is 61.7 Å². The molecule has 1 N–H and O–H groups in total. The van der Waals surface area contributed by atoms with E-state index in [1.165, 1.54) is 0 Å². The van der Waals surface area contributed by atoms with Gasteiger partial charge in [0.1, 0.15) is 11.8 Å². The molecule has 7 heteroatoms. The summed E-state index contributed by atoms with van der Waals surface area (Å²) >= 11 is 6.85. The minimum Gasteiger partial charge on any atom is -0.484 e. The zero-order valence-corrected chi connectivity index (χ0v) is 20.1. The Morgan fingerprint density at radius 1 is 1.10 bits per heavy atom. The monoisotopic (exact) mass is 536 g/mol. The lowest BCUT2D eigenvalue weighted by atomic mass is 10.1. The quantitative estimate of drug-likeness (QED) is 0.511. The van der Waals surface area contributed by atoms with Crippen molar-refractivity contribution in [3.05, 3.63) is 63.0 Å². The Bertz CT molecular complexity index is 867. The van der Waals surface area contributed by atoms with Crippen molar-refractivity contribution < 1.29 is 14.3 Å². The zero-order chi connectivity index (χ0) is 21.5. The van der Waals surface area contributed by atoms with Crippen molar-refractivity contribution in [3.63, 3.8) is 0 Å². The molecule has 0 saturated heterocycles. The highest BCUT2D eigenvalue weighted by atomic mass is 79.9. The molecule has 3 rings (SSSR count). The van der Waals surface area contributed by atoms with E-state index in [4.69, 9.17) is 4.74 Å². The summed E-state index contributed by atoms with van der Waals surface area (Å²) in [5, 5.41) is 3.10. The van der Waals surface area contributed by atoms with Gasteiger partial charge in [0.2, 0.25) is 5.91 Å². The van der Waals surface area contributed by atoms with Gasteiger partial charge in [0.05, 0.1) is 0 Å². The van der Waals surface area contributed by atoms with Crippen LogP contribution in [-0.4, -0.2) is 35.4 Å². The summed E-state index contributed by atoms with van der Waals surface area (Å²) in [4.78, 5) is 27.5. The first kappa shape index (κ1) is 22.8. The molecule has 2 aromatic carbocycles. The van der Waals surface area contributed by atoms with E-state index in [9.17, 15) is 9.59 Å². The van der Waals surface area contributed by atoms with Crippen LogP contribution in [0.15, 0.2) is 57.5 Å². The van der Waals surface area contributed by atoms with Crippen LogP contribution >= 0.6 is 31.9 Å². The van der Waals surface area contributed by atoms with Gasteiger partial charge in [-0.25, -0.2) is 0 Å². The second-order valence-electron chi connectivity index (χ2n) is 7.56. The summed E-state index contributed by atoms with van der Waals surface area (Å²) in [6, 6.07) is 14.7. The van der Waals surface area contributed by atoms with Crippen LogP contribution in [0.5, 0.6) is 5.75 Å². The van der Waals surface area contributed by atoms with Crippen molar-refractivity contribution in [1.29, 1.82) is 0 Å². The molecule has 0 aliphatic heterocycles. The van der Waals surface area contributed by atoms with Crippen molar-refractivity contribution in [2.24, 2.45) is 0 Å². The van der Waals surface area contributed by atoms with Crippen molar-refractivity contribution in [1.82, 2.24) is 10.2 Å². The fourth-order valence-electron chi connectivity index (χ4n) is 3.57. The molecule has 0 bridgehead atoms. The Hall–Kier alpha value is -1.86. The van der Waals surface area contributed by atoms with Crippen LogP contribution in [0.1, 0.15) is 38.2 Å². The maximum atomic E-state index is 13.1. The number of nitrogens with zero attached hydrogens (tertiary/aromatic N) is 1. The number of hydrogen-bond acceptors (Lipinski definition) is 3. The van der Waals surface area contributed by atoms with Crippen LogP contribution in [0, 0.1) is 0 Å². The van der Waals surface area contributed by atoms with Crippen LogP contribution in [0.2, 0.25) is 0 Å². The van der Waals surface area contributed by atoms with E-state index in [1.807, 2.05) is 36.4 Å². The van der Waals surface area contributed by atoms with E-state index in [-0.39, 0.29) is 24.5 Å². The van der Waals surface area contributed by atoms with Gasteiger partial charge in [0.25, 0.3) is 5.91 Å². The third-order valence-electron chi connectivity index (χ3n) is 5.29. The first-order valence-corrected chi connectivity index (χ1v) is 11.7. The number of amides is 2. The van der Waals surface area contributed by atoms with Crippen LogP contribution < -0.4 is 10.1 Å². The number of halogens is 2. The third-order valence-corrected chi connectivity index (χ3v) is 6.31. The zero-order valence-electron chi connectivity index (χ0n) is 16.9. The Kier molecular flexibility index (Phi) is 8.33. The van der Waals surface area contributed by atoms with Gasteiger partial charge in [0.15, 0.2) is 6.61 Å². The summed E-state index contributed by atoms with van der Waals surface area (Å²) in [6.45, 7) is 1.98. The largest absolute Gasteiger partial charge is 0.484 e. The Morgan fingerprint density at radius 2 is 1.80 bits per heavy atom. The summed E-state index contributed by atoms with van der Waals surface area (Å²) in [5.74, 6) is 0.262. The second kappa shape index (κ2) is 11.0. The molecule has 1 fully saturated rings. The number of benzene rings is 2. The van der Waals surface area contributed by atoms with E-state index < -0.39 is 6.04 Å². The van der Waals surface area contributed by atoms with Crippen LogP contribution in [-0.2, 0) is 16.1 Å². The number of carbonyl (C=O) groups excluding carboxylic acids is 2.